The number of aliphatic hydroxyl groups is 1. The molecule has 16 atom stereocenters. The van der Waals surface area contributed by atoms with Crippen LogP contribution in [-0.4, -0.2) is 173 Å². The number of esters is 5. The average molecular weight is 1370 g/mol. The van der Waals surface area contributed by atoms with Crippen LogP contribution in [0, 0.1) is 0 Å². The van der Waals surface area contributed by atoms with Gasteiger partial charge in [-0.1, -0.05) is 152 Å². The van der Waals surface area contributed by atoms with Crippen LogP contribution in [-0.2, 0) is 133 Å². The highest BCUT2D eigenvalue weighted by Gasteiger charge is 2.63. The first-order valence-corrected chi connectivity index (χ1v) is 32.4. The second-order valence-corrected chi connectivity index (χ2v) is 23.8. The zero-order chi connectivity index (χ0) is 70.3. The van der Waals surface area contributed by atoms with E-state index in [0.717, 1.165) is 64.0 Å². The summed E-state index contributed by atoms with van der Waals surface area (Å²) in [7, 11) is 2.56. The van der Waals surface area contributed by atoms with Crippen molar-refractivity contribution < 1.29 is 114 Å². The molecule has 3 aliphatic heterocycles. The van der Waals surface area contributed by atoms with Crippen LogP contribution < -0.4 is 14.8 Å². The molecule has 2 N–H and O–H groups in total. The summed E-state index contributed by atoms with van der Waals surface area (Å²) in [6, 6.07) is 51.8. The van der Waals surface area contributed by atoms with E-state index in [1.807, 2.05) is 127 Å². The maximum Gasteiger partial charge on any atom is 0.366 e. The van der Waals surface area contributed by atoms with E-state index in [0.29, 0.717) is 17.1 Å². The monoisotopic (exact) mass is 1370 g/mol. The minimum Gasteiger partial charge on any atom is -0.497 e. The summed E-state index contributed by atoms with van der Waals surface area (Å²) in [5.74, 6) is -7.75. The first kappa shape index (κ1) is 74.5. The fourth-order valence-corrected chi connectivity index (χ4v) is 11.8. The number of carbonyl (C=O) groups excluding carboxylic acids is 6. The van der Waals surface area contributed by atoms with Crippen LogP contribution in [0.2, 0.25) is 0 Å². The summed E-state index contributed by atoms with van der Waals surface area (Å²) < 4.78 is 110. The third-order valence-electron chi connectivity index (χ3n) is 16.3. The highest BCUT2D eigenvalue weighted by atomic mass is 16.8. The standard InChI is InChI=1S/C74H85NO24/c1-46(76)75-62-58(91-48(3)78)37-74(73(82)84-7,98-66(62)64(93-50(5)80)61(92-49(4)79)45-87-47(2)77)99-67-63(81)59(43-85-38-51-23-13-8-14-24-51)95-72(69(67)89-41-54-29-19-11-20-30-54)97-65-60(44-86-39-52-25-15-9-16-26-52)96-71(94-57-35-33-56(83-6)34-36-57)70(90-42-55-31-21-12-22-32-55)68(65)88-40-53-27-17-10-18-28-53/h8-36,58-72,81H,37-45H2,1-7H3,(H,75,76)/t58-,59+,60+,61+,62+,63-,64+,65+,66+,67-,68-,69+,70+,71+,72-,74-/m0/s1. The van der Waals surface area contributed by atoms with Gasteiger partial charge in [-0.2, -0.15) is 0 Å². The minimum absolute atomic E-state index is 0.0140. The van der Waals surface area contributed by atoms with Crippen LogP contribution in [0.4, 0.5) is 0 Å². The molecule has 9 rings (SSSR count). The average Bonchev–Trinajstić information content (AvgIpc) is 0.720. The fraction of sp³-hybridized carbons (Fsp3) is 0.432. The van der Waals surface area contributed by atoms with E-state index in [1.165, 1.54) is 0 Å². The summed E-state index contributed by atoms with van der Waals surface area (Å²) >= 11 is 0. The smallest absolute Gasteiger partial charge is 0.366 e. The Bertz CT molecular complexity index is 3490. The van der Waals surface area contributed by atoms with Crippen LogP contribution in [0.3, 0.4) is 0 Å². The molecule has 1 amide bonds. The number of ether oxygens (including phenoxy) is 17. The summed E-state index contributed by atoms with van der Waals surface area (Å²) in [4.78, 5) is 80.8. The van der Waals surface area contributed by atoms with Gasteiger partial charge >= 0.3 is 29.8 Å². The Morgan fingerprint density at radius 2 is 0.990 bits per heavy atom. The lowest BCUT2D eigenvalue weighted by atomic mass is 9.87. The number of amides is 1. The number of nitrogens with one attached hydrogen (secondary N) is 1. The Morgan fingerprint density at radius 3 is 1.45 bits per heavy atom. The van der Waals surface area contributed by atoms with Crippen LogP contribution in [0.5, 0.6) is 11.5 Å². The van der Waals surface area contributed by atoms with Gasteiger partial charge in [-0.15, -0.1) is 0 Å². The Morgan fingerprint density at radius 1 is 0.525 bits per heavy atom. The largest absolute Gasteiger partial charge is 0.497 e. The number of carbonyl (C=O) groups is 6. The first-order valence-electron chi connectivity index (χ1n) is 32.4. The summed E-state index contributed by atoms with van der Waals surface area (Å²) in [6.45, 7) is 3.89. The Labute approximate surface area is 574 Å². The second-order valence-electron chi connectivity index (χ2n) is 23.8. The van der Waals surface area contributed by atoms with Crippen molar-refractivity contribution in [1.82, 2.24) is 5.32 Å². The third kappa shape index (κ3) is 21.4. The van der Waals surface area contributed by atoms with Gasteiger partial charge in [-0.05, 0) is 52.1 Å². The van der Waals surface area contributed by atoms with E-state index in [9.17, 15) is 29.1 Å². The second kappa shape index (κ2) is 36.9. The van der Waals surface area contributed by atoms with Crippen LogP contribution in [0.15, 0.2) is 176 Å². The van der Waals surface area contributed by atoms with E-state index < -0.39 is 146 Å². The van der Waals surface area contributed by atoms with E-state index >= 15 is 4.79 Å². The molecule has 3 heterocycles. The van der Waals surface area contributed by atoms with Gasteiger partial charge in [0.25, 0.3) is 5.79 Å². The molecule has 6 aromatic carbocycles. The van der Waals surface area contributed by atoms with Gasteiger partial charge in [0.2, 0.25) is 12.2 Å². The van der Waals surface area contributed by atoms with Gasteiger partial charge < -0.3 is 90.9 Å². The molecule has 0 aliphatic carbocycles. The van der Waals surface area contributed by atoms with Gasteiger partial charge in [0.1, 0.15) is 79.1 Å². The predicted molar refractivity (Wildman–Crippen MR) is 349 cm³/mol. The van der Waals surface area contributed by atoms with Gasteiger partial charge in [-0.3, -0.25) is 24.0 Å². The highest BCUT2D eigenvalue weighted by molar-refractivity contribution is 5.79. The molecule has 3 saturated heterocycles. The topological polar surface area (TPSA) is 292 Å². The van der Waals surface area contributed by atoms with Crippen molar-refractivity contribution in [3.05, 3.63) is 204 Å². The van der Waals surface area contributed by atoms with E-state index in [4.69, 9.17) is 80.5 Å². The molecule has 0 spiro atoms. The number of methoxy groups -OCH3 is 2. The molecule has 0 aromatic heterocycles. The Kier molecular flexibility index (Phi) is 27.8. The molecule has 0 radical (unpaired) electrons. The molecule has 0 bridgehead atoms. The fourth-order valence-electron chi connectivity index (χ4n) is 11.8. The maximum atomic E-state index is 15.3. The van der Waals surface area contributed by atoms with Crippen molar-refractivity contribution in [2.24, 2.45) is 0 Å². The molecule has 6 aromatic rings. The van der Waals surface area contributed by atoms with Crippen LogP contribution in [0.1, 0.15) is 68.9 Å². The molecule has 3 fully saturated rings. The van der Waals surface area contributed by atoms with E-state index in [2.05, 4.69) is 5.32 Å². The predicted octanol–water partition coefficient (Wildman–Crippen LogP) is 7.37. The van der Waals surface area contributed by atoms with Gasteiger partial charge in [0, 0.05) is 34.6 Å². The third-order valence-corrected chi connectivity index (χ3v) is 16.3. The molecular formula is C74H85NO24. The molecule has 530 valence electrons. The zero-order valence-electron chi connectivity index (χ0n) is 56.1. The molecule has 0 unspecified atom stereocenters. The quantitative estimate of drug-likeness (QED) is 0.0300. The summed E-state index contributed by atoms with van der Waals surface area (Å²) in [5, 5.41) is 15.9. The lowest BCUT2D eigenvalue weighted by Crippen LogP contribution is -2.72. The van der Waals surface area contributed by atoms with Crippen molar-refractivity contribution in [2.75, 3.05) is 34.0 Å². The van der Waals surface area contributed by atoms with Crippen molar-refractivity contribution in [2.45, 2.75) is 172 Å². The van der Waals surface area contributed by atoms with Crippen LogP contribution in [0.25, 0.3) is 0 Å². The number of hydrogen-bond donors (Lipinski definition) is 2. The van der Waals surface area contributed by atoms with Gasteiger partial charge in [0.15, 0.2) is 18.5 Å². The van der Waals surface area contributed by atoms with E-state index in [1.54, 1.807) is 55.6 Å². The first-order chi connectivity index (χ1) is 47.9. The Hall–Kier alpha value is -8.70. The SMILES string of the molecule is COC(=O)[C@@]1(O[C@H]2[C@@H](O)[C@@H](COCc3ccccc3)O[C@@H](O[C@H]3[C@H](OCc4ccccc4)[C@@H](OCc4ccccc4)[C@H](Oc4ccc(OC)cc4)O[C@@H]3COCc3ccccc3)[C@@H]2OCc2ccccc2)C[C@H](OC(C)=O)[C@@H](NC(C)=O)[C@H]([C@H](OC(C)=O)[C@@H](COC(C)=O)OC(C)=O)O1. The number of aliphatic hydroxyl groups excluding tert-OH is 1. The molecular weight excluding hydrogens is 1290 g/mol. The Balaban J connectivity index is 1.22. The number of rotatable bonds is 33. The molecule has 99 heavy (non-hydrogen) atoms. The lowest BCUT2D eigenvalue weighted by Gasteiger charge is -2.52. The van der Waals surface area contributed by atoms with Crippen LogP contribution >= 0.6 is 0 Å². The summed E-state index contributed by atoms with van der Waals surface area (Å²) in [5.41, 5.74) is 3.78. The normalized spacial score (nSPS) is 25.7. The number of hydrogen-bond acceptors (Lipinski definition) is 24. The van der Waals surface area contributed by atoms with Gasteiger partial charge in [0.05, 0.1) is 72.9 Å². The lowest BCUT2D eigenvalue weighted by molar-refractivity contribution is -0.392. The van der Waals surface area contributed by atoms with E-state index in [-0.39, 0.29) is 46.2 Å². The molecule has 3 aliphatic rings. The zero-order valence-corrected chi connectivity index (χ0v) is 56.1. The maximum absolute atomic E-state index is 15.3. The minimum atomic E-state index is -2.92. The molecule has 0 saturated carbocycles. The van der Waals surface area contributed by atoms with Crippen molar-refractivity contribution >= 4 is 35.8 Å². The number of benzene rings is 6. The highest BCUT2D eigenvalue weighted by Crippen LogP contribution is 2.43. The molecule has 25 heteroatoms. The summed E-state index contributed by atoms with van der Waals surface area (Å²) in [6.07, 6.45) is -22.9. The molecule has 25 nitrogen and oxygen atoms in total. The van der Waals surface area contributed by atoms with Crippen molar-refractivity contribution in [3.8, 4) is 11.5 Å². The van der Waals surface area contributed by atoms with Gasteiger partial charge in [-0.25, -0.2) is 4.79 Å². The van der Waals surface area contributed by atoms with Crippen molar-refractivity contribution in [1.29, 1.82) is 0 Å². The van der Waals surface area contributed by atoms with Crippen molar-refractivity contribution in [3.63, 3.8) is 0 Å².